The van der Waals surface area contributed by atoms with Gasteiger partial charge in [-0.25, -0.2) is 0 Å². The summed E-state index contributed by atoms with van der Waals surface area (Å²) in [6.07, 6.45) is 0. The molecular weight excluding hydrogens is 180 g/mol. The van der Waals surface area contributed by atoms with Gasteiger partial charge < -0.3 is 5.11 Å². The third-order valence-corrected chi connectivity index (χ3v) is 2.24. The molecule has 0 heterocycles. The van der Waals surface area contributed by atoms with E-state index in [2.05, 4.69) is 11.8 Å². The molecule has 0 radical (unpaired) electrons. The minimum atomic E-state index is 0.234. The third-order valence-electron chi connectivity index (χ3n) is 1.42. The number of aliphatic hydroxyl groups excluding tert-OH is 1. The molecule has 0 saturated carbocycles. The lowest BCUT2D eigenvalue weighted by Crippen LogP contribution is -1.86. The van der Waals surface area contributed by atoms with Gasteiger partial charge in [0.25, 0.3) is 0 Å². The van der Waals surface area contributed by atoms with Gasteiger partial charge in [0, 0.05) is 11.3 Å². The van der Waals surface area contributed by atoms with Crippen LogP contribution in [0.4, 0.5) is 0 Å². The van der Waals surface area contributed by atoms with Gasteiger partial charge in [-0.3, -0.25) is 0 Å². The zero-order chi connectivity index (χ0) is 9.36. The van der Waals surface area contributed by atoms with Gasteiger partial charge in [-0.1, -0.05) is 30.0 Å². The van der Waals surface area contributed by atoms with Crippen molar-refractivity contribution in [1.82, 2.24) is 0 Å². The van der Waals surface area contributed by atoms with Gasteiger partial charge in [-0.2, -0.15) is 0 Å². The molecule has 0 saturated heterocycles. The van der Waals surface area contributed by atoms with Gasteiger partial charge in [0.05, 0.1) is 12.4 Å². The van der Waals surface area contributed by atoms with Crippen molar-refractivity contribution in [2.45, 2.75) is 0 Å². The van der Waals surface area contributed by atoms with Crippen LogP contribution in [0.15, 0.2) is 30.3 Å². The Bertz CT molecular complexity index is 284. The fraction of sp³-hybridized carbons (Fsp3) is 0.273. The monoisotopic (exact) mass is 192 g/mol. The van der Waals surface area contributed by atoms with Crippen LogP contribution in [-0.4, -0.2) is 23.2 Å². The summed E-state index contributed by atoms with van der Waals surface area (Å²) in [5.41, 5.74) is 1.05. The lowest BCUT2D eigenvalue weighted by molar-refractivity contribution is 0.322. The quantitative estimate of drug-likeness (QED) is 0.581. The normalized spacial score (nSPS) is 9.00. The van der Waals surface area contributed by atoms with E-state index in [1.165, 1.54) is 0 Å². The van der Waals surface area contributed by atoms with Crippen LogP contribution in [0.5, 0.6) is 0 Å². The molecule has 0 aliphatic rings. The van der Waals surface area contributed by atoms with E-state index in [1.807, 2.05) is 30.3 Å². The molecule has 0 aromatic heterocycles. The molecule has 0 fully saturated rings. The fourth-order valence-electron chi connectivity index (χ4n) is 0.847. The van der Waals surface area contributed by atoms with E-state index >= 15 is 0 Å². The number of benzene rings is 1. The van der Waals surface area contributed by atoms with Crippen LogP contribution in [-0.2, 0) is 0 Å². The van der Waals surface area contributed by atoms with Crippen molar-refractivity contribution in [3.05, 3.63) is 35.9 Å². The zero-order valence-corrected chi connectivity index (χ0v) is 8.18. The highest BCUT2D eigenvalue weighted by molar-refractivity contribution is 7.99. The minimum Gasteiger partial charge on any atom is -0.396 e. The van der Waals surface area contributed by atoms with Crippen molar-refractivity contribution in [3.8, 4) is 11.8 Å². The summed E-state index contributed by atoms with van der Waals surface area (Å²) in [6.45, 7) is 0.234. The maximum atomic E-state index is 8.51. The molecule has 1 rings (SSSR count). The standard InChI is InChI=1S/C11H12OS/c12-8-10-13-9-4-7-11-5-2-1-3-6-11/h1-3,5-6,12H,8-10H2. The first-order valence-electron chi connectivity index (χ1n) is 4.16. The first-order chi connectivity index (χ1) is 6.43. The summed E-state index contributed by atoms with van der Waals surface area (Å²) in [4.78, 5) is 0. The molecule has 0 amide bonds. The smallest absolute Gasteiger partial charge is 0.0552 e. The lowest BCUT2D eigenvalue weighted by atomic mass is 10.2. The molecular formula is C11H12OS. The summed E-state index contributed by atoms with van der Waals surface area (Å²) in [5.74, 6) is 7.64. The van der Waals surface area contributed by atoms with E-state index in [0.29, 0.717) is 0 Å². The molecule has 0 aliphatic carbocycles. The van der Waals surface area contributed by atoms with E-state index in [4.69, 9.17) is 5.11 Å². The topological polar surface area (TPSA) is 20.2 Å². The van der Waals surface area contributed by atoms with Gasteiger partial charge >= 0.3 is 0 Å². The second-order valence-electron chi connectivity index (χ2n) is 2.44. The van der Waals surface area contributed by atoms with E-state index in [-0.39, 0.29) is 6.61 Å². The van der Waals surface area contributed by atoms with Crippen LogP contribution in [0.1, 0.15) is 5.56 Å². The second-order valence-corrected chi connectivity index (χ2v) is 3.55. The number of rotatable bonds is 3. The molecule has 1 aromatic rings. The summed E-state index contributed by atoms with van der Waals surface area (Å²) >= 11 is 1.65. The third kappa shape index (κ3) is 4.62. The van der Waals surface area contributed by atoms with Gasteiger partial charge in [-0.15, -0.1) is 11.8 Å². The van der Waals surface area contributed by atoms with E-state index in [0.717, 1.165) is 17.1 Å². The molecule has 1 N–H and O–H groups in total. The largest absolute Gasteiger partial charge is 0.396 e. The van der Waals surface area contributed by atoms with Crippen molar-refractivity contribution in [1.29, 1.82) is 0 Å². The number of aliphatic hydroxyl groups is 1. The van der Waals surface area contributed by atoms with Crippen LogP contribution in [0.2, 0.25) is 0 Å². The van der Waals surface area contributed by atoms with Crippen LogP contribution < -0.4 is 0 Å². The number of hydrogen-bond donors (Lipinski definition) is 1. The van der Waals surface area contributed by atoms with Gasteiger partial charge in [-0.05, 0) is 12.1 Å². The van der Waals surface area contributed by atoms with Gasteiger partial charge in [0.2, 0.25) is 0 Å². The first-order valence-corrected chi connectivity index (χ1v) is 5.31. The van der Waals surface area contributed by atoms with Crippen molar-refractivity contribution in [3.63, 3.8) is 0 Å². The second kappa shape index (κ2) is 6.59. The van der Waals surface area contributed by atoms with Crippen LogP contribution in [0.3, 0.4) is 0 Å². The molecule has 0 bridgehead atoms. The molecule has 0 unspecified atom stereocenters. The molecule has 1 aromatic carbocycles. The number of thioether (sulfide) groups is 1. The molecule has 0 spiro atoms. The van der Waals surface area contributed by atoms with Crippen LogP contribution in [0, 0.1) is 11.8 Å². The Morgan fingerprint density at radius 1 is 1.23 bits per heavy atom. The van der Waals surface area contributed by atoms with Crippen molar-refractivity contribution in [2.75, 3.05) is 18.1 Å². The Labute approximate surface area is 83.2 Å². The molecule has 0 atom stereocenters. The molecule has 2 heteroatoms. The number of hydrogen-bond acceptors (Lipinski definition) is 2. The van der Waals surface area contributed by atoms with Crippen LogP contribution in [0.25, 0.3) is 0 Å². The summed E-state index contributed by atoms with van der Waals surface area (Å²) in [6, 6.07) is 9.91. The highest BCUT2D eigenvalue weighted by atomic mass is 32.2. The summed E-state index contributed by atoms with van der Waals surface area (Å²) in [5, 5.41) is 8.51. The average molecular weight is 192 g/mol. The predicted molar refractivity (Wildman–Crippen MR) is 57.7 cm³/mol. The SMILES string of the molecule is OCCSCC#Cc1ccccc1. The average Bonchev–Trinajstić information content (AvgIpc) is 2.19. The maximum absolute atomic E-state index is 8.51. The van der Waals surface area contributed by atoms with Crippen molar-refractivity contribution in [2.24, 2.45) is 0 Å². The molecule has 0 aliphatic heterocycles. The minimum absolute atomic E-state index is 0.234. The summed E-state index contributed by atoms with van der Waals surface area (Å²) < 4.78 is 0. The summed E-state index contributed by atoms with van der Waals surface area (Å²) in [7, 11) is 0. The molecule has 68 valence electrons. The Morgan fingerprint density at radius 2 is 2.00 bits per heavy atom. The Balaban J connectivity index is 2.31. The predicted octanol–water partition coefficient (Wildman–Crippen LogP) is 1.76. The van der Waals surface area contributed by atoms with Gasteiger partial charge in [0.1, 0.15) is 0 Å². The lowest BCUT2D eigenvalue weighted by Gasteiger charge is -1.89. The molecule has 13 heavy (non-hydrogen) atoms. The van der Waals surface area contributed by atoms with E-state index < -0.39 is 0 Å². The maximum Gasteiger partial charge on any atom is 0.0552 e. The van der Waals surface area contributed by atoms with Crippen molar-refractivity contribution >= 4 is 11.8 Å². The highest BCUT2D eigenvalue weighted by Gasteiger charge is 1.83. The Hall–Kier alpha value is -0.910. The zero-order valence-electron chi connectivity index (χ0n) is 7.36. The van der Waals surface area contributed by atoms with Crippen LogP contribution >= 0.6 is 11.8 Å². The van der Waals surface area contributed by atoms with Gasteiger partial charge in [0.15, 0.2) is 0 Å². The van der Waals surface area contributed by atoms with E-state index in [9.17, 15) is 0 Å². The highest BCUT2D eigenvalue weighted by Crippen LogP contribution is 1.98. The first kappa shape index (κ1) is 10.2. The molecule has 1 nitrogen and oxygen atoms in total. The fourth-order valence-corrected chi connectivity index (χ4v) is 1.30. The Kier molecular flexibility index (Phi) is 5.16. The van der Waals surface area contributed by atoms with Crippen molar-refractivity contribution < 1.29 is 5.11 Å². The van der Waals surface area contributed by atoms with E-state index in [1.54, 1.807) is 11.8 Å². The Morgan fingerprint density at radius 3 is 2.69 bits per heavy atom.